The summed E-state index contributed by atoms with van der Waals surface area (Å²) in [6, 6.07) is 11.2. The molecule has 0 radical (unpaired) electrons. The molecule has 1 aromatic heterocycles. The summed E-state index contributed by atoms with van der Waals surface area (Å²) in [4.78, 5) is 22.8. The summed E-state index contributed by atoms with van der Waals surface area (Å²) in [6.07, 6.45) is 4.52. The van der Waals surface area contributed by atoms with Crippen LogP contribution in [0.3, 0.4) is 0 Å². The number of ether oxygens (including phenoxy) is 2. The van der Waals surface area contributed by atoms with Crippen LogP contribution in [0.15, 0.2) is 42.6 Å². The molecule has 1 aliphatic heterocycles. The van der Waals surface area contributed by atoms with Crippen LogP contribution in [-0.4, -0.2) is 53.8 Å². The molecular weight excluding hydrogens is 488 g/mol. The molecule has 2 heterocycles. The van der Waals surface area contributed by atoms with Crippen LogP contribution in [0.2, 0.25) is 5.02 Å². The first-order valence-corrected chi connectivity index (χ1v) is 12.6. The highest BCUT2D eigenvalue weighted by atomic mass is 35.5. The average molecular weight is 515 g/mol. The normalized spacial score (nSPS) is 12.5. The number of halogens is 1. The van der Waals surface area contributed by atoms with Crippen LogP contribution in [-0.2, 0) is 4.79 Å². The van der Waals surface area contributed by atoms with Gasteiger partial charge in [0.05, 0.1) is 24.7 Å². The lowest BCUT2D eigenvalue weighted by atomic mass is 10.2. The Morgan fingerprint density at radius 1 is 1.17 bits per heavy atom. The summed E-state index contributed by atoms with van der Waals surface area (Å²) < 4.78 is 14.3. The smallest absolute Gasteiger partial charge is 0.260 e. The van der Waals surface area contributed by atoms with Gasteiger partial charge in [0.15, 0.2) is 12.4 Å². The molecule has 2 aromatic carbocycles. The Kier molecular flexibility index (Phi) is 8.04. The standard InChI is InChI=1S/C24H27ClN6O3S/c1-15-18(6-4-7-21(15)34-14-22(32)31-10-5-11-31)28-24-26-13-17(25)23(29-24)27-19-9-8-16(33-2)12-20(19)30-35-3/h4,6-9,12-13,30H,5,10-11,14H2,1-3H3,(H2,26,27,28,29). The Labute approximate surface area is 213 Å². The van der Waals surface area contributed by atoms with Crippen LogP contribution in [0.5, 0.6) is 11.5 Å². The van der Waals surface area contributed by atoms with Crippen LogP contribution in [0.25, 0.3) is 0 Å². The van der Waals surface area contributed by atoms with Gasteiger partial charge < -0.3 is 29.7 Å². The third-order valence-electron chi connectivity index (χ3n) is 5.53. The van der Waals surface area contributed by atoms with Gasteiger partial charge >= 0.3 is 0 Å². The number of nitrogens with one attached hydrogen (secondary N) is 3. The van der Waals surface area contributed by atoms with E-state index in [-0.39, 0.29) is 12.5 Å². The van der Waals surface area contributed by atoms with Crippen LogP contribution >= 0.6 is 23.5 Å². The first kappa shape index (κ1) is 24.7. The van der Waals surface area contributed by atoms with Gasteiger partial charge in [-0.25, -0.2) is 4.98 Å². The zero-order chi connectivity index (χ0) is 24.8. The molecule has 0 spiro atoms. The third kappa shape index (κ3) is 6.01. The molecule has 3 aromatic rings. The van der Waals surface area contributed by atoms with E-state index in [1.165, 1.54) is 18.1 Å². The largest absolute Gasteiger partial charge is 0.497 e. The Hall–Kier alpha value is -3.37. The molecule has 9 nitrogen and oxygen atoms in total. The number of methoxy groups -OCH3 is 1. The van der Waals surface area contributed by atoms with Crippen molar-refractivity contribution in [1.29, 1.82) is 0 Å². The third-order valence-corrected chi connectivity index (χ3v) is 6.23. The van der Waals surface area contributed by atoms with Crippen molar-refractivity contribution in [2.75, 3.05) is 48.4 Å². The molecule has 0 unspecified atom stereocenters. The second-order valence-corrected chi connectivity index (χ2v) is 8.83. The predicted molar refractivity (Wildman–Crippen MR) is 142 cm³/mol. The number of carbonyl (C=O) groups excluding carboxylic acids is 1. The zero-order valence-electron chi connectivity index (χ0n) is 19.7. The molecule has 0 saturated carbocycles. The maximum Gasteiger partial charge on any atom is 0.260 e. The number of hydrogen-bond acceptors (Lipinski definition) is 9. The second kappa shape index (κ2) is 11.4. The molecular formula is C24H27ClN6O3S. The van der Waals surface area contributed by atoms with Crippen molar-refractivity contribution in [1.82, 2.24) is 14.9 Å². The monoisotopic (exact) mass is 514 g/mol. The maximum absolute atomic E-state index is 12.1. The van der Waals surface area contributed by atoms with Gasteiger partial charge in [-0.05, 0) is 37.6 Å². The number of likely N-dealkylation sites (tertiary alicyclic amines) is 1. The Morgan fingerprint density at radius 3 is 2.71 bits per heavy atom. The fraction of sp³-hybridized carbons (Fsp3) is 0.292. The van der Waals surface area contributed by atoms with Crippen LogP contribution in [0, 0.1) is 6.92 Å². The number of anilines is 5. The zero-order valence-corrected chi connectivity index (χ0v) is 21.3. The quantitative estimate of drug-likeness (QED) is 0.314. The number of amides is 1. The number of rotatable bonds is 10. The topological polar surface area (TPSA) is 101 Å². The van der Waals surface area contributed by atoms with Gasteiger partial charge in [0, 0.05) is 36.7 Å². The second-order valence-electron chi connectivity index (χ2n) is 7.81. The van der Waals surface area contributed by atoms with Crippen LogP contribution in [0.1, 0.15) is 12.0 Å². The van der Waals surface area contributed by atoms with E-state index in [4.69, 9.17) is 21.1 Å². The van der Waals surface area contributed by atoms with Gasteiger partial charge in [-0.1, -0.05) is 29.6 Å². The lowest BCUT2D eigenvalue weighted by Crippen LogP contribution is -2.44. The number of carbonyl (C=O) groups is 1. The van der Waals surface area contributed by atoms with Gasteiger partial charge in [0.1, 0.15) is 16.5 Å². The highest BCUT2D eigenvalue weighted by molar-refractivity contribution is 7.99. The Morgan fingerprint density at radius 2 is 2.00 bits per heavy atom. The van der Waals surface area contributed by atoms with Gasteiger partial charge in [0.2, 0.25) is 5.95 Å². The molecule has 184 valence electrons. The molecule has 1 fully saturated rings. The summed E-state index contributed by atoms with van der Waals surface area (Å²) in [6.45, 7) is 3.54. The van der Waals surface area contributed by atoms with Crippen molar-refractivity contribution in [3.8, 4) is 11.5 Å². The molecule has 0 aliphatic carbocycles. The molecule has 1 aliphatic rings. The van der Waals surface area contributed by atoms with Crippen LogP contribution < -0.4 is 24.8 Å². The predicted octanol–water partition coefficient (Wildman–Crippen LogP) is 5.24. The fourth-order valence-electron chi connectivity index (χ4n) is 3.42. The molecule has 1 amide bonds. The molecule has 0 atom stereocenters. The van der Waals surface area contributed by atoms with Gasteiger partial charge in [-0.15, -0.1) is 0 Å². The Balaban J connectivity index is 1.50. The van der Waals surface area contributed by atoms with E-state index in [2.05, 4.69) is 25.3 Å². The van der Waals surface area contributed by atoms with E-state index in [0.29, 0.717) is 22.5 Å². The SMILES string of the molecule is COc1ccc(Nc2nc(Nc3cccc(OCC(=O)N4CCC4)c3C)ncc2Cl)c(NSC)c1. The minimum atomic E-state index is -0.000345. The highest BCUT2D eigenvalue weighted by Crippen LogP contribution is 2.33. The van der Waals surface area contributed by atoms with Crippen LogP contribution in [0.4, 0.5) is 28.8 Å². The van der Waals surface area contributed by atoms with E-state index in [1.54, 1.807) is 12.0 Å². The molecule has 35 heavy (non-hydrogen) atoms. The summed E-state index contributed by atoms with van der Waals surface area (Å²) in [5.41, 5.74) is 3.22. The molecule has 0 bridgehead atoms. The van der Waals surface area contributed by atoms with Gasteiger partial charge in [-0.3, -0.25) is 4.79 Å². The minimum Gasteiger partial charge on any atom is -0.497 e. The van der Waals surface area contributed by atoms with Crippen molar-refractivity contribution in [2.24, 2.45) is 0 Å². The first-order chi connectivity index (χ1) is 17.0. The number of hydrogen-bond donors (Lipinski definition) is 3. The van der Waals surface area contributed by atoms with E-state index in [9.17, 15) is 4.79 Å². The molecule has 1 saturated heterocycles. The highest BCUT2D eigenvalue weighted by Gasteiger charge is 2.21. The van der Waals surface area contributed by atoms with E-state index in [0.717, 1.165) is 47.9 Å². The summed E-state index contributed by atoms with van der Waals surface area (Å²) >= 11 is 7.85. The molecule has 4 rings (SSSR count). The average Bonchev–Trinajstić information content (AvgIpc) is 2.81. The lowest BCUT2D eigenvalue weighted by Gasteiger charge is -2.30. The summed E-state index contributed by atoms with van der Waals surface area (Å²) in [5.74, 6) is 2.17. The number of benzene rings is 2. The maximum atomic E-state index is 12.1. The van der Waals surface area contributed by atoms with E-state index >= 15 is 0 Å². The summed E-state index contributed by atoms with van der Waals surface area (Å²) in [7, 11) is 1.62. The Bertz CT molecular complexity index is 1210. The van der Waals surface area contributed by atoms with E-state index < -0.39 is 0 Å². The lowest BCUT2D eigenvalue weighted by molar-refractivity contribution is -0.136. The van der Waals surface area contributed by atoms with Gasteiger partial charge in [0.25, 0.3) is 5.91 Å². The van der Waals surface area contributed by atoms with Gasteiger partial charge in [-0.2, -0.15) is 4.98 Å². The van der Waals surface area contributed by atoms with Crippen molar-refractivity contribution in [3.63, 3.8) is 0 Å². The van der Waals surface area contributed by atoms with E-state index in [1.807, 2.05) is 49.6 Å². The first-order valence-electron chi connectivity index (χ1n) is 11.0. The summed E-state index contributed by atoms with van der Waals surface area (Å²) in [5, 5.41) is 6.86. The fourth-order valence-corrected chi connectivity index (χ4v) is 3.95. The van der Waals surface area contributed by atoms with Crippen molar-refractivity contribution >= 4 is 58.3 Å². The van der Waals surface area contributed by atoms with Crippen molar-refractivity contribution in [3.05, 3.63) is 53.2 Å². The number of nitrogens with zero attached hydrogens (tertiary/aromatic N) is 3. The molecule has 3 N–H and O–H groups in total. The van der Waals surface area contributed by atoms with Crippen molar-refractivity contribution in [2.45, 2.75) is 13.3 Å². The molecule has 11 heteroatoms. The van der Waals surface area contributed by atoms with Crippen molar-refractivity contribution < 1.29 is 14.3 Å². The minimum absolute atomic E-state index is 0.000345. The number of aromatic nitrogens is 2.